The predicted molar refractivity (Wildman–Crippen MR) is 64.7 cm³/mol. The van der Waals surface area contributed by atoms with Crippen molar-refractivity contribution >= 4 is 11.9 Å². The van der Waals surface area contributed by atoms with E-state index in [1.807, 2.05) is 0 Å². The maximum atomic E-state index is 12.1. The number of ether oxygens (including phenoxy) is 1. The highest BCUT2D eigenvalue weighted by Gasteiger charge is 2.35. The highest BCUT2D eigenvalue weighted by Crippen LogP contribution is 2.15. The normalized spacial score (nSPS) is 22.2. The first-order valence-electron chi connectivity index (χ1n) is 5.91. The zero-order valence-corrected chi connectivity index (χ0v) is 10.7. The lowest BCUT2D eigenvalue weighted by molar-refractivity contribution is -0.142. The molecule has 0 bridgehead atoms. The van der Waals surface area contributed by atoms with Gasteiger partial charge in [0.2, 0.25) is 0 Å². The molecule has 1 aromatic heterocycles. The average molecular weight is 265 g/mol. The molecule has 1 fully saturated rings. The molecular weight excluding hydrogens is 250 g/mol. The minimum atomic E-state index is -0.969. The summed E-state index contributed by atoms with van der Waals surface area (Å²) in [6.07, 6.45) is 0. The quantitative estimate of drug-likeness (QED) is 0.792. The number of carboxylic acid groups (broad SMARTS) is 1. The van der Waals surface area contributed by atoms with E-state index in [1.165, 1.54) is 0 Å². The smallest absolute Gasteiger partial charge is 0.311 e. The maximum absolute atomic E-state index is 12.1. The fourth-order valence-corrected chi connectivity index (χ4v) is 1.97. The van der Waals surface area contributed by atoms with Crippen LogP contribution in [-0.2, 0) is 9.53 Å². The second kappa shape index (κ2) is 5.31. The van der Waals surface area contributed by atoms with Gasteiger partial charge in [-0.2, -0.15) is 10.2 Å². The Morgan fingerprint density at radius 3 is 2.79 bits per heavy atom. The second-order valence-corrected chi connectivity index (χ2v) is 4.55. The standard InChI is InChI=1S/C12H15N3O4/c1-6-3-8(7(2)15-14-6)11(16)13-10-5-19-4-9(10)12(17)18/h3,9-10H,4-5H2,1-2H3,(H,13,16)(H,17,18). The fourth-order valence-electron chi connectivity index (χ4n) is 1.97. The Balaban J connectivity index is 2.12. The van der Waals surface area contributed by atoms with Gasteiger partial charge in [0.05, 0.1) is 36.2 Å². The van der Waals surface area contributed by atoms with Crippen LogP contribution in [0, 0.1) is 19.8 Å². The van der Waals surface area contributed by atoms with Crippen molar-refractivity contribution in [3.05, 3.63) is 23.0 Å². The summed E-state index contributed by atoms with van der Waals surface area (Å²) in [5, 5.41) is 19.4. The number of hydrogen-bond acceptors (Lipinski definition) is 5. The second-order valence-electron chi connectivity index (χ2n) is 4.55. The first kappa shape index (κ1) is 13.4. The van der Waals surface area contributed by atoms with Gasteiger partial charge < -0.3 is 15.2 Å². The van der Waals surface area contributed by atoms with Crippen LogP contribution in [0.4, 0.5) is 0 Å². The molecule has 0 aromatic carbocycles. The van der Waals surface area contributed by atoms with E-state index in [4.69, 9.17) is 9.84 Å². The van der Waals surface area contributed by atoms with Crippen LogP contribution in [0.15, 0.2) is 6.07 Å². The number of amides is 1. The molecule has 1 aromatic rings. The number of nitrogens with zero attached hydrogens (tertiary/aromatic N) is 2. The largest absolute Gasteiger partial charge is 0.481 e. The summed E-state index contributed by atoms with van der Waals surface area (Å²) < 4.78 is 5.10. The van der Waals surface area contributed by atoms with Crippen LogP contribution in [0.2, 0.25) is 0 Å². The van der Waals surface area contributed by atoms with Crippen molar-refractivity contribution < 1.29 is 19.4 Å². The topological polar surface area (TPSA) is 101 Å². The number of nitrogens with one attached hydrogen (secondary N) is 1. The molecule has 0 spiro atoms. The molecule has 2 unspecified atom stereocenters. The van der Waals surface area contributed by atoms with E-state index in [9.17, 15) is 9.59 Å². The molecule has 19 heavy (non-hydrogen) atoms. The van der Waals surface area contributed by atoms with E-state index < -0.39 is 17.9 Å². The molecule has 1 aliphatic rings. The zero-order chi connectivity index (χ0) is 14.0. The van der Waals surface area contributed by atoms with Crippen molar-refractivity contribution in [1.29, 1.82) is 0 Å². The third kappa shape index (κ3) is 2.87. The molecule has 0 saturated carbocycles. The lowest BCUT2D eigenvalue weighted by Crippen LogP contribution is -2.43. The summed E-state index contributed by atoms with van der Waals surface area (Å²) in [5.74, 6) is -2.03. The summed E-state index contributed by atoms with van der Waals surface area (Å²) in [5.41, 5.74) is 1.55. The number of carboxylic acids is 1. The van der Waals surface area contributed by atoms with Crippen LogP contribution in [-0.4, -0.2) is 46.4 Å². The lowest BCUT2D eigenvalue weighted by Gasteiger charge is -2.16. The van der Waals surface area contributed by atoms with E-state index in [-0.39, 0.29) is 19.1 Å². The number of aryl methyl sites for hydroxylation is 2. The Kier molecular flexibility index (Phi) is 3.75. The van der Waals surface area contributed by atoms with Gasteiger partial charge in [-0.1, -0.05) is 0 Å². The van der Waals surface area contributed by atoms with Crippen molar-refractivity contribution in [2.24, 2.45) is 5.92 Å². The Bertz CT molecular complexity index is 518. The fraction of sp³-hybridized carbons (Fsp3) is 0.500. The molecule has 0 aliphatic carbocycles. The molecule has 1 aliphatic heterocycles. The van der Waals surface area contributed by atoms with Crippen molar-refractivity contribution in [2.45, 2.75) is 19.9 Å². The van der Waals surface area contributed by atoms with Crippen molar-refractivity contribution in [3.63, 3.8) is 0 Å². The monoisotopic (exact) mass is 265 g/mol. The van der Waals surface area contributed by atoms with Gasteiger partial charge in [0.25, 0.3) is 5.91 Å². The number of aliphatic carboxylic acids is 1. The van der Waals surface area contributed by atoms with Crippen LogP contribution in [0.3, 0.4) is 0 Å². The highest BCUT2D eigenvalue weighted by molar-refractivity contribution is 5.95. The molecule has 2 heterocycles. The highest BCUT2D eigenvalue weighted by atomic mass is 16.5. The van der Waals surface area contributed by atoms with Crippen molar-refractivity contribution in [3.8, 4) is 0 Å². The van der Waals surface area contributed by atoms with Crippen LogP contribution in [0.5, 0.6) is 0 Å². The summed E-state index contributed by atoms with van der Waals surface area (Å²) in [4.78, 5) is 23.1. The van der Waals surface area contributed by atoms with Crippen LogP contribution >= 0.6 is 0 Å². The van der Waals surface area contributed by atoms with E-state index in [0.29, 0.717) is 17.0 Å². The Hall–Kier alpha value is -2.02. The summed E-state index contributed by atoms with van der Waals surface area (Å²) in [7, 11) is 0. The van der Waals surface area contributed by atoms with Gasteiger partial charge in [-0.25, -0.2) is 0 Å². The number of rotatable bonds is 3. The first-order valence-corrected chi connectivity index (χ1v) is 5.91. The molecule has 0 radical (unpaired) electrons. The van der Waals surface area contributed by atoms with E-state index in [1.54, 1.807) is 19.9 Å². The minimum absolute atomic E-state index is 0.118. The van der Waals surface area contributed by atoms with Crippen LogP contribution in [0.1, 0.15) is 21.7 Å². The van der Waals surface area contributed by atoms with E-state index >= 15 is 0 Å². The van der Waals surface area contributed by atoms with E-state index in [2.05, 4.69) is 15.5 Å². The lowest BCUT2D eigenvalue weighted by atomic mass is 10.0. The third-order valence-corrected chi connectivity index (χ3v) is 3.06. The van der Waals surface area contributed by atoms with Crippen LogP contribution < -0.4 is 5.32 Å². The van der Waals surface area contributed by atoms with E-state index in [0.717, 1.165) is 0 Å². The van der Waals surface area contributed by atoms with Gasteiger partial charge in [0, 0.05) is 0 Å². The summed E-state index contributed by atoms with van der Waals surface area (Å²) in [6.45, 7) is 3.75. The molecule has 1 amide bonds. The summed E-state index contributed by atoms with van der Waals surface area (Å²) in [6, 6.07) is 1.11. The number of aromatic nitrogens is 2. The predicted octanol–water partition coefficient (Wildman–Crippen LogP) is -0.0772. The summed E-state index contributed by atoms with van der Waals surface area (Å²) >= 11 is 0. The number of carbonyl (C=O) groups is 2. The molecule has 7 nitrogen and oxygen atoms in total. The molecule has 2 rings (SSSR count). The van der Waals surface area contributed by atoms with Gasteiger partial charge in [0.1, 0.15) is 5.92 Å². The van der Waals surface area contributed by atoms with Crippen molar-refractivity contribution in [1.82, 2.24) is 15.5 Å². The van der Waals surface area contributed by atoms with Gasteiger partial charge in [-0.3, -0.25) is 9.59 Å². The minimum Gasteiger partial charge on any atom is -0.481 e. The Morgan fingerprint density at radius 1 is 1.37 bits per heavy atom. The molecule has 1 saturated heterocycles. The molecule has 2 N–H and O–H groups in total. The average Bonchev–Trinajstić information content (AvgIpc) is 2.80. The zero-order valence-electron chi connectivity index (χ0n) is 10.7. The van der Waals surface area contributed by atoms with Crippen molar-refractivity contribution in [2.75, 3.05) is 13.2 Å². The molecule has 102 valence electrons. The molecule has 7 heteroatoms. The first-order chi connectivity index (χ1) is 8.99. The number of carbonyl (C=O) groups excluding carboxylic acids is 1. The third-order valence-electron chi connectivity index (χ3n) is 3.06. The Labute approximate surface area is 110 Å². The van der Waals surface area contributed by atoms with Crippen LogP contribution in [0.25, 0.3) is 0 Å². The van der Waals surface area contributed by atoms with Gasteiger partial charge in [0.15, 0.2) is 0 Å². The SMILES string of the molecule is Cc1cc(C(=O)NC2COCC2C(=O)O)c(C)nn1. The molecule has 2 atom stereocenters. The Morgan fingerprint density at radius 2 is 2.11 bits per heavy atom. The maximum Gasteiger partial charge on any atom is 0.311 e. The molecular formula is C12H15N3O4. The van der Waals surface area contributed by atoms with Gasteiger partial charge in [-0.15, -0.1) is 0 Å². The van der Waals surface area contributed by atoms with Gasteiger partial charge in [-0.05, 0) is 19.9 Å². The number of hydrogen-bond donors (Lipinski definition) is 2. The van der Waals surface area contributed by atoms with Gasteiger partial charge >= 0.3 is 5.97 Å².